The Morgan fingerprint density at radius 3 is 2.57 bits per heavy atom. The molecule has 0 spiro atoms. The molecule has 2 N–H and O–H groups in total. The average Bonchev–Trinajstić information content (AvgIpc) is 2.95. The van der Waals surface area contributed by atoms with Crippen molar-refractivity contribution in [3.63, 3.8) is 0 Å². The van der Waals surface area contributed by atoms with E-state index in [4.69, 9.17) is 0 Å². The minimum absolute atomic E-state index is 0.106. The van der Waals surface area contributed by atoms with Crippen LogP contribution < -0.4 is 5.32 Å². The number of carbonyl (C=O) groups is 1. The van der Waals surface area contributed by atoms with Crippen molar-refractivity contribution in [1.82, 2.24) is 10.2 Å². The van der Waals surface area contributed by atoms with E-state index in [0.29, 0.717) is 12.6 Å². The molecule has 2 atom stereocenters. The van der Waals surface area contributed by atoms with Gasteiger partial charge in [-0.3, -0.25) is 9.69 Å². The number of aliphatic hydroxyl groups is 1. The Morgan fingerprint density at radius 2 is 1.95 bits per heavy atom. The maximum Gasteiger partial charge on any atom is 0.224 e. The van der Waals surface area contributed by atoms with Gasteiger partial charge < -0.3 is 10.4 Å². The first-order valence-corrected chi connectivity index (χ1v) is 8.64. The van der Waals surface area contributed by atoms with Crippen molar-refractivity contribution in [2.24, 2.45) is 11.8 Å². The van der Waals surface area contributed by atoms with Gasteiger partial charge in [0.15, 0.2) is 0 Å². The summed E-state index contributed by atoms with van der Waals surface area (Å²) in [5, 5.41) is 13.2. The van der Waals surface area contributed by atoms with Crippen LogP contribution in [0.5, 0.6) is 0 Å². The van der Waals surface area contributed by atoms with Gasteiger partial charge >= 0.3 is 0 Å². The van der Waals surface area contributed by atoms with Gasteiger partial charge in [0.1, 0.15) is 0 Å². The van der Waals surface area contributed by atoms with Crippen LogP contribution in [-0.4, -0.2) is 47.2 Å². The third-order valence-corrected chi connectivity index (χ3v) is 5.55. The van der Waals surface area contributed by atoms with Crippen LogP contribution in [0.25, 0.3) is 0 Å². The lowest BCUT2D eigenvalue weighted by atomic mass is 9.92. The zero-order valence-electron chi connectivity index (χ0n) is 13.9. The Hall–Kier alpha value is -0.610. The summed E-state index contributed by atoms with van der Waals surface area (Å²) in [6, 6.07) is 0.704. The van der Waals surface area contributed by atoms with E-state index in [0.717, 1.165) is 19.5 Å². The second-order valence-electron chi connectivity index (χ2n) is 7.50. The molecule has 122 valence electrons. The molecule has 1 saturated heterocycles. The van der Waals surface area contributed by atoms with E-state index in [2.05, 4.69) is 10.2 Å². The van der Waals surface area contributed by atoms with Crippen molar-refractivity contribution in [2.45, 2.75) is 70.9 Å². The minimum atomic E-state index is -0.822. The van der Waals surface area contributed by atoms with E-state index in [1.54, 1.807) is 6.92 Å². The topological polar surface area (TPSA) is 52.6 Å². The largest absolute Gasteiger partial charge is 0.388 e. The summed E-state index contributed by atoms with van der Waals surface area (Å²) in [6.45, 7) is 8.06. The highest BCUT2D eigenvalue weighted by molar-refractivity contribution is 5.79. The molecule has 0 aromatic carbocycles. The van der Waals surface area contributed by atoms with Gasteiger partial charge in [-0.25, -0.2) is 0 Å². The molecular formula is C17H32N2O2. The SMILES string of the molecule is CC(C)C(C)(O)CNC(=O)C1CCN(C2CCCCC2)C1. The van der Waals surface area contributed by atoms with Crippen LogP contribution in [-0.2, 0) is 4.79 Å². The Kier molecular flexibility index (Phi) is 5.67. The first-order valence-electron chi connectivity index (χ1n) is 8.64. The van der Waals surface area contributed by atoms with E-state index in [1.807, 2.05) is 13.8 Å². The molecule has 21 heavy (non-hydrogen) atoms. The number of amides is 1. The summed E-state index contributed by atoms with van der Waals surface area (Å²) >= 11 is 0. The number of hydrogen-bond donors (Lipinski definition) is 2. The lowest BCUT2D eigenvalue weighted by molar-refractivity contribution is -0.126. The predicted octanol–water partition coefficient (Wildman–Crippen LogP) is 2.16. The second-order valence-corrected chi connectivity index (χ2v) is 7.50. The molecule has 1 amide bonds. The fourth-order valence-corrected chi connectivity index (χ4v) is 3.39. The summed E-state index contributed by atoms with van der Waals surface area (Å²) in [4.78, 5) is 14.8. The molecule has 2 rings (SSSR count). The van der Waals surface area contributed by atoms with Gasteiger partial charge in [0.25, 0.3) is 0 Å². The predicted molar refractivity (Wildman–Crippen MR) is 85.0 cm³/mol. The van der Waals surface area contributed by atoms with Crippen LogP contribution in [0.3, 0.4) is 0 Å². The standard InChI is InChI=1S/C17H32N2O2/c1-13(2)17(3,21)12-18-16(20)14-9-10-19(11-14)15-7-5-4-6-8-15/h13-15,21H,4-12H2,1-3H3,(H,18,20). The zero-order valence-corrected chi connectivity index (χ0v) is 13.9. The third kappa shape index (κ3) is 4.43. The van der Waals surface area contributed by atoms with Gasteiger partial charge in [-0.1, -0.05) is 33.1 Å². The Bertz CT molecular complexity index is 349. The monoisotopic (exact) mass is 296 g/mol. The lowest BCUT2D eigenvalue weighted by Gasteiger charge is -2.31. The van der Waals surface area contributed by atoms with Crippen molar-refractivity contribution in [3.8, 4) is 0 Å². The molecule has 1 aliphatic carbocycles. The molecule has 2 unspecified atom stereocenters. The Labute approximate surface area is 129 Å². The molecule has 0 aromatic heterocycles. The first kappa shape index (κ1) is 16.8. The van der Waals surface area contributed by atoms with Crippen LogP contribution in [0.4, 0.5) is 0 Å². The lowest BCUT2D eigenvalue weighted by Crippen LogP contribution is -2.46. The van der Waals surface area contributed by atoms with E-state index >= 15 is 0 Å². The molecule has 2 fully saturated rings. The smallest absolute Gasteiger partial charge is 0.224 e. The highest BCUT2D eigenvalue weighted by Crippen LogP contribution is 2.27. The van der Waals surface area contributed by atoms with Crippen LogP contribution in [0.1, 0.15) is 59.3 Å². The van der Waals surface area contributed by atoms with Gasteiger partial charge in [-0.2, -0.15) is 0 Å². The number of nitrogens with one attached hydrogen (secondary N) is 1. The molecule has 1 aliphatic heterocycles. The molecule has 0 aromatic rings. The van der Waals surface area contributed by atoms with Crippen molar-refractivity contribution < 1.29 is 9.90 Å². The summed E-state index contributed by atoms with van der Waals surface area (Å²) in [7, 11) is 0. The number of rotatable bonds is 5. The summed E-state index contributed by atoms with van der Waals surface area (Å²) in [6.07, 6.45) is 7.63. The highest BCUT2D eigenvalue weighted by Gasteiger charge is 2.34. The molecular weight excluding hydrogens is 264 g/mol. The molecule has 4 heteroatoms. The van der Waals surface area contributed by atoms with Crippen molar-refractivity contribution in [1.29, 1.82) is 0 Å². The Morgan fingerprint density at radius 1 is 1.29 bits per heavy atom. The summed E-state index contributed by atoms with van der Waals surface area (Å²) < 4.78 is 0. The number of likely N-dealkylation sites (tertiary alicyclic amines) is 1. The van der Waals surface area contributed by atoms with Gasteiger partial charge in [0.2, 0.25) is 5.91 Å². The highest BCUT2D eigenvalue weighted by atomic mass is 16.3. The fraction of sp³-hybridized carbons (Fsp3) is 0.941. The number of hydrogen-bond acceptors (Lipinski definition) is 3. The summed E-state index contributed by atoms with van der Waals surface area (Å²) in [5.74, 6) is 0.365. The van der Waals surface area contributed by atoms with Crippen LogP contribution in [0.15, 0.2) is 0 Å². The van der Waals surface area contributed by atoms with Gasteiger partial charge in [0.05, 0.1) is 11.5 Å². The van der Waals surface area contributed by atoms with E-state index < -0.39 is 5.60 Å². The van der Waals surface area contributed by atoms with E-state index in [9.17, 15) is 9.90 Å². The third-order valence-electron chi connectivity index (χ3n) is 5.55. The van der Waals surface area contributed by atoms with Crippen LogP contribution in [0.2, 0.25) is 0 Å². The van der Waals surface area contributed by atoms with Crippen molar-refractivity contribution >= 4 is 5.91 Å². The molecule has 0 radical (unpaired) electrons. The normalized spacial score (nSPS) is 27.8. The summed E-state index contributed by atoms with van der Waals surface area (Å²) in [5.41, 5.74) is -0.822. The van der Waals surface area contributed by atoms with Crippen molar-refractivity contribution in [3.05, 3.63) is 0 Å². The average molecular weight is 296 g/mol. The van der Waals surface area contributed by atoms with Gasteiger partial charge in [0, 0.05) is 19.1 Å². The van der Waals surface area contributed by atoms with Gasteiger partial charge in [-0.15, -0.1) is 0 Å². The zero-order chi connectivity index (χ0) is 15.5. The van der Waals surface area contributed by atoms with Crippen molar-refractivity contribution in [2.75, 3.05) is 19.6 Å². The molecule has 2 aliphatic rings. The van der Waals surface area contributed by atoms with Crippen LogP contribution >= 0.6 is 0 Å². The second kappa shape index (κ2) is 7.10. The van der Waals surface area contributed by atoms with Crippen LogP contribution in [0, 0.1) is 11.8 Å². The van der Waals surface area contributed by atoms with E-state index in [1.165, 1.54) is 32.1 Å². The maximum atomic E-state index is 12.3. The quantitative estimate of drug-likeness (QED) is 0.817. The minimum Gasteiger partial charge on any atom is -0.388 e. The molecule has 4 nitrogen and oxygen atoms in total. The fourth-order valence-electron chi connectivity index (χ4n) is 3.39. The van der Waals surface area contributed by atoms with E-state index in [-0.39, 0.29) is 17.7 Å². The Balaban J connectivity index is 1.77. The number of carbonyl (C=O) groups excluding carboxylic acids is 1. The maximum absolute atomic E-state index is 12.3. The first-order chi connectivity index (χ1) is 9.90. The number of nitrogens with zero attached hydrogens (tertiary/aromatic N) is 1. The molecule has 0 bridgehead atoms. The van der Waals surface area contributed by atoms with Gasteiger partial charge in [-0.05, 0) is 38.6 Å². The molecule has 1 heterocycles. The molecule has 1 saturated carbocycles.